The van der Waals surface area contributed by atoms with Gasteiger partial charge in [-0.1, -0.05) is 6.92 Å². The molecule has 1 aromatic carbocycles. The zero-order chi connectivity index (χ0) is 14.7. The first-order valence-electron chi connectivity index (χ1n) is 6.17. The van der Waals surface area contributed by atoms with Crippen molar-refractivity contribution in [3.63, 3.8) is 0 Å². The summed E-state index contributed by atoms with van der Waals surface area (Å²) in [6, 6.07) is 4.72. The van der Waals surface area contributed by atoms with Crippen molar-refractivity contribution in [2.45, 2.75) is 12.2 Å². The highest BCUT2D eigenvalue weighted by molar-refractivity contribution is 14.1. The Labute approximate surface area is 135 Å². The molecular weight excluding hydrogens is 391 g/mol. The third kappa shape index (κ3) is 3.78. The van der Waals surface area contributed by atoms with Crippen LogP contribution < -0.4 is 5.32 Å². The van der Waals surface area contributed by atoms with E-state index in [-0.39, 0.29) is 11.6 Å². The van der Waals surface area contributed by atoms with Crippen LogP contribution in [0.1, 0.15) is 17.3 Å². The number of nitrogens with one attached hydrogen (secondary N) is 1. The van der Waals surface area contributed by atoms with Crippen molar-refractivity contribution < 1.29 is 14.7 Å². The minimum atomic E-state index is -1.04. The molecule has 0 spiro atoms. The quantitative estimate of drug-likeness (QED) is 0.742. The van der Waals surface area contributed by atoms with Crippen molar-refractivity contribution in [1.29, 1.82) is 0 Å². The number of hydrogen-bond acceptors (Lipinski definition) is 3. The summed E-state index contributed by atoms with van der Waals surface area (Å²) < 4.78 is 0.820. The Morgan fingerprint density at radius 1 is 1.50 bits per heavy atom. The monoisotopic (exact) mass is 406 g/mol. The maximum atomic E-state index is 12.2. The van der Waals surface area contributed by atoms with E-state index in [1.165, 1.54) is 0 Å². The molecule has 1 atom stereocenters. The summed E-state index contributed by atoms with van der Waals surface area (Å²) in [5.41, 5.74) is 0.457. The van der Waals surface area contributed by atoms with E-state index in [1.807, 2.05) is 34.4 Å². The van der Waals surface area contributed by atoms with Crippen LogP contribution in [-0.4, -0.2) is 46.1 Å². The molecule has 0 aliphatic carbocycles. The highest BCUT2D eigenvalue weighted by Crippen LogP contribution is 2.22. The smallest absolute Gasteiger partial charge is 0.337 e. The van der Waals surface area contributed by atoms with Crippen molar-refractivity contribution in [1.82, 2.24) is 4.90 Å². The molecule has 1 saturated heterocycles. The summed E-state index contributed by atoms with van der Waals surface area (Å²) in [5.74, 6) is -0.131. The van der Waals surface area contributed by atoms with Gasteiger partial charge in [-0.05, 0) is 40.8 Å². The van der Waals surface area contributed by atoms with Crippen LogP contribution in [0.15, 0.2) is 18.2 Å². The maximum absolute atomic E-state index is 12.2. The first kappa shape index (κ1) is 15.4. The Morgan fingerprint density at radius 3 is 2.90 bits per heavy atom. The van der Waals surface area contributed by atoms with Crippen LogP contribution >= 0.6 is 34.4 Å². The molecule has 1 heterocycles. The van der Waals surface area contributed by atoms with Gasteiger partial charge in [0.15, 0.2) is 0 Å². The zero-order valence-corrected chi connectivity index (χ0v) is 13.9. The second kappa shape index (κ2) is 6.66. The number of carbonyl (C=O) groups excluding carboxylic acids is 1. The SMILES string of the molecule is CC1CN(C(=O)Nc2ccc(I)cc2C(=O)O)CCS1. The number of nitrogens with zero attached hydrogens (tertiary/aromatic N) is 1. The lowest BCUT2D eigenvalue weighted by Crippen LogP contribution is -2.43. The molecule has 2 N–H and O–H groups in total. The summed E-state index contributed by atoms with van der Waals surface area (Å²) >= 11 is 3.88. The highest BCUT2D eigenvalue weighted by Gasteiger charge is 2.22. The van der Waals surface area contributed by atoms with Gasteiger partial charge in [-0.25, -0.2) is 9.59 Å². The van der Waals surface area contributed by atoms with Crippen LogP contribution in [-0.2, 0) is 0 Å². The molecule has 1 aromatic rings. The fourth-order valence-electron chi connectivity index (χ4n) is 2.00. The van der Waals surface area contributed by atoms with Gasteiger partial charge in [0.05, 0.1) is 11.3 Å². The molecule has 0 saturated carbocycles. The van der Waals surface area contributed by atoms with E-state index in [2.05, 4.69) is 12.2 Å². The molecule has 1 unspecified atom stereocenters. The minimum Gasteiger partial charge on any atom is -0.478 e. The van der Waals surface area contributed by atoms with Gasteiger partial charge in [-0.3, -0.25) is 0 Å². The second-order valence-corrected chi connectivity index (χ2v) is 7.34. The molecular formula is C13H15IN2O3S. The number of urea groups is 1. The number of rotatable bonds is 2. The van der Waals surface area contributed by atoms with Crippen LogP contribution in [0.3, 0.4) is 0 Å². The Kier molecular flexibility index (Phi) is 5.14. The number of halogens is 1. The summed E-state index contributed by atoms with van der Waals surface area (Å²) in [5, 5.41) is 12.3. The van der Waals surface area contributed by atoms with Gasteiger partial charge in [0.1, 0.15) is 0 Å². The fourth-order valence-corrected chi connectivity index (χ4v) is 3.50. The molecule has 7 heteroatoms. The summed E-state index contributed by atoms with van der Waals surface area (Å²) in [7, 11) is 0. The van der Waals surface area contributed by atoms with Gasteiger partial charge >= 0.3 is 12.0 Å². The van der Waals surface area contributed by atoms with Crippen LogP contribution in [0.4, 0.5) is 10.5 Å². The number of carboxylic acid groups (broad SMARTS) is 1. The molecule has 1 fully saturated rings. The number of benzene rings is 1. The Hall–Kier alpha value is -0.960. The van der Waals surface area contributed by atoms with Crippen molar-refractivity contribution in [2.75, 3.05) is 24.2 Å². The van der Waals surface area contributed by atoms with E-state index in [0.717, 1.165) is 9.32 Å². The van der Waals surface area contributed by atoms with Crippen LogP contribution in [0, 0.1) is 3.57 Å². The number of amides is 2. The normalized spacial score (nSPS) is 18.7. The highest BCUT2D eigenvalue weighted by atomic mass is 127. The number of carboxylic acids is 1. The Bertz CT molecular complexity index is 538. The topological polar surface area (TPSA) is 69.6 Å². The molecule has 1 aliphatic rings. The summed E-state index contributed by atoms with van der Waals surface area (Å²) in [6.07, 6.45) is 0. The van der Waals surface area contributed by atoms with Crippen LogP contribution in [0.5, 0.6) is 0 Å². The van der Waals surface area contributed by atoms with Crippen LogP contribution in [0.25, 0.3) is 0 Å². The number of thioether (sulfide) groups is 1. The van der Waals surface area contributed by atoms with Gasteiger partial charge in [0.2, 0.25) is 0 Å². The number of hydrogen-bond donors (Lipinski definition) is 2. The molecule has 0 aromatic heterocycles. The lowest BCUT2D eigenvalue weighted by atomic mass is 10.2. The van der Waals surface area contributed by atoms with Gasteiger partial charge in [-0.15, -0.1) is 0 Å². The maximum Gasteiger partial charge on any atom is 0.337 e. The molecule has 20 heavy (non-hydrogen) atoms. The van der Waals surface area contributed by atoms with E-state index in [4.69, 9.17) is 0 Å². The molecule has 5 nitrogen and oxygen atoms in total. The lowest BCUT2D eigenvalue weighted by Gasteiger charge is -2.30. The second-order valence-electron chi connectivity index (χ2n) is 4.55. The van der Waals surface area contributed by atoms with Gasteiger partial charge in [-0.2, -0.15) is 11.8 Å². The van der Waals surface area contributed by atoms with Crippen molar-refractivity contribution in [3.8, 4) is 0 Å². The number of carbonyl (C=O) groups is 2. The predicted octanol–water partition coefficient (Wildman–Crippen LogP) is 2.96. The van der Waals surface area contributed by atoms with Gasteiger partial charge in [0.25, 0.3) is 0 Å². The van der Waals surface area contributed by atoms with E-state index < -0.39 is 5.97 Å². The number of anilines is 1. The Balaban J connectivity index is 2.13. The molecule has 0 bridgehead atoms. The average molecular weight is 406 g/mol. The largest absolute Gasteiger partial charge is 0.478 e. The summed E-state index contributed by atoms with van der Waals surface area (Å²) in [6.45, 7) is 3.45. The lowest BCUT2D eigenvalue weighted by molar-refractivity contribution is 0.0698. The van der Waals surface area contributed by atoms with Gasteiger partial charge < -0.3 is 15.3 Å². The van der Waals surface area contributed by atoms with Gasteiger partial charge in [0, 0.05) is 27.7 Å². The third-order valence-corrected chi connectivity index (χ3v) is 4.79. The first-order chi connectivity index (χ1) is 9.47. The molecule has 2 rings (SSSR count). The van der Waals surface area contributed by atoms with E-state index >= 15 is 0 Å². The minimum absolute atomic E-state index is 0.115. The number of aromatic carboxylic acids is 1. The third-order valence-electron chi connectivity index (χ3n) is 2.98. The van der Waals surface area contributed by atoms with Crippen molar-refractivity contribution in [2.24, 2.45) is 0 Å². The van der Waals surface area contributed by atoms with Crippen LogP contribution in [0.2, 0.25) is 0 Å². The predicted molar refractivity (Wildman–Crippen MR) is 88.6 cm³/mol. The molecule has 0 radical (unpaired) electrons. The molecule has 1 aliphatic heterocycles. The zero-order valence-electron chi connectivity index (χ0n) is 10.9. The first-order valence-corrected chi connectivity index (χ1v) is 8.30. The molecule has 108 valence electrons. The van der Waals surface area contributed by atoms with E-state index in [9.17, 15) is 14.7 Å². The summed E-state index contributed by atoms with van der Waals surface area (Å²) in [4.78, 5) is 25.1. The van der Waals surface area contributed by atoms with Crippen molar-refractivity contribution >= 4 is 52.0 Å². The van der Waals surface area contributed by atoms with E-state index in [1.54, 1.807) is 23.1 Å². The Morgan fingerprint density at radius 2 is 2.25 bits per heavy atom. The standard InChI is InChI=1S/C13H15IN2O3S/c1-8-7-16(4-5-20-8)13(19)15-11-3-2-9(14)6-10(11)12(17)18/h2-3,6,8H,4-5,7H2,1H3,(H,15,19)(H,17,18). The average Bonchev–Trinajstić information content (AvgIpc) is 2.40. The fraction of sp³-hybridized carbons (Fsp3) is 0.385. The van der Waals surface area contributed by atoms with E-state index in [0.29, 0.717) is 24.0 Å². The molecule has 2 amide bonds. The van der Waals surface area contributed by atoms with Crippen molar-refractivity contribution in [3.05, 3.63) is 27.3 Å².